The van der Waals surface area contributed by atoms with Gasteiger partial charge in [0.1, 0.15) is 6.29 Å². The smallest absolute Gasteiger partial charge is 0.150 e. The minimum atomic E-state index is -0.0268. The molecule has 1 fully saturated rings. The molecule has 0 aromatic carbocycles. The van der Waals surface area contributed by atoms with Gasteiger partial charge in [-0.3, -0.25) is 4.79 Å². The van der Waals surface area contributed by atoms with Gasteiger partial charge in [-0.15, -0.1) is 0 Å². The summed E-state index contributed by atoms with van der Waals surface area (Å²) >= 11 is 0. The number of aldehydes is 1. The molecule has 0 heterocycles. The van der Waals surface area contributed by atoms with Gasteiger partial charge >= 0.3 is 0 Å². The maximum absolute atomic E-state index is 11.1. The maximum atomic E-state index is 11.1. The molecule has 17 heavy (non-hydrogen) atoms. The molecule has 3 unspecified atom stereocenters. The van der Waals surface area contributed by atoms with Crippen molar-refractivity contribution in [1.82, 2.24) is 0 Å². The molecule has 2 aliphatic rings. The van der Waals surface area contributed by atoms with Crippen molar-refractivity contribution >= 4 is 6.29 Å². The third-order valence-electron chi connectivity index (χ3n) is 4.33. The van der Waals surface area contributed by atoms with Crippen LogP contribution in [0, 0.1) is 23.2 Å². The molecule has 0 spiro atoms. The number of carbonyl (C=O) groups is 1. The Morgan fingerprint density at radius 3 is 2.71 bits per heavy atom. The molecule has 0 aliphatic heterocycles. The van der Waals surface area contributed by atoms with Crippen molar-refractivity contribution in [3.63, 3.8) is 0 Å². The van der Waals surface area contributed by atoms with E-state index in [-0.39, 0.29) is 6.61 Å². The number of rotatable bonds is 2. The van der Waals surface area contributed by atoms with E-state index < -0.39 is 0 Å². The van der Waals surface area contributed by atoms with Gasteiger partial charge in [-0.25, -0.2) is 0 Å². The Hall–Kier alpha value is -0.890. The second kappa shape index (κ2) is 4.41. The molecule has 2 heteroatoms. The second-order valence-corrected chi connectivity index (χ2v) is 6.35. The summed E-state index contributed by atoms with van der Waals surface area (Å²) in [7, 11) is 0. The third-order valence-corrected chi connectivity index (χ3v) is 4.33. The van der Waals surface area contributed by atoms with Crippen LogP contribution in [0.3, 0.4) is 0 Å². The van der Waals surface area contributed by atoms with E-state index in [9.17, 15) is 9.90 Å². The minimum absolute atomic E-state index is 0.0268. The molecule has 94 valence electrons. The molecule has 2 nitrogen and oxygen atoms in total. The third kappa shape index (κ3) is 2.37. The van der Waals surface area contributed by atoms with Gasteiger partial charge in [-0.2, -0.15) is 0 Å². The summed E-state index contributed by atoms with van der Waals surface area (Å²) in [6, 6.07) is 0. The van der Waals surface area contributed by atoms with Crippen LogP contribution in [0.4, 0.5) is 0 Å². The lowest BCUT2D eigenvalue weighted by Crippen LogP contribution is -2.13. The van der Waals surface area contributed by atoms with E-state index in [1.807, 2.05) is 6.08 Å². The molecule has 0 saturated heterocycles. The van der Waals surface area contributed by atoms with E-state index in [0.29, 0.717) is 28.7 Å². The van der Waals surface area contributed by atoms with Gasteiger partial charge < -0.3 is 5.11 Å². The van der Waals surface area contributed by atoms with Crippen LogP contribution in [0.25, 0.3) is 0 Å². The summed E-state index contributed by atoms with van der Waals surface area (Å²) in [6.07, 6.45) is 7.43. The highest BCUT2D eigenvalue weighted by Gasteiger charge is 2.41. The average Bonchev–Trinajstić information content (AvgIpc) is 2.52. The fourth-order valence-corrected chi connectivity index (χ4v) is 3.55. The molecule has 2 aliphatic carbocycles. The molecule has 2 rings (SSSR count). The quantitative estimate of drug-likeness (QED) is 0.746. The zero-order chi connectivity index (χ0) is 12.6. The molecule has 0 amide bonds. The molecule has 0 aromatic rings. The summed E-state index contributed by atoms with van der Waals surface area (Å²) in [5, 5.41) is 9.39. The number of carbonyl (C=O) groups excluding carboxylic acids is 1. The van der Waals surface area contributed by atoms with Gasteiger partial charge in [0.15, 0.2) is 0 Å². The summed E-state index contributed by atoms with van der Waals surface area (Å²) in [6.45, 7) is 6.79. The molecule has 1 N–H and O–H groups in total. The number of allylic oxidation sites excluding steroid dienone is 2. The topological polar surface area (TPSA) is 37.3 Å². The lowest BCUT2D eigenvalue weighted by molar-refractivity contribution is -0.104. The maximum Gasteiger partial charge on any atom is 0.150 e. The molecular weight excluding hydrogens is 212 g/mol. The fraction of sp³-hybridized carbons (Fsp3) is 0.667. The average molecular weight is 234 g/mol. The second-order valence-electron chi connectivity index (χ2n) is 6.35. The first-order valence-electron chi connectivity index (χ1n) is 6.46. The Labute approximate surface area is 103 Å². The van der Waals surface area contributed by atoms with Crippen LogP contribution in [0.5, 0.6) is 0 Å². The zero-order valence-electron chi connectivity index (χ0n) is 10.9. The highest BCUT2D eigenvalue weighted by atomic mass is 16.3. The van der Waals surface area contributed by atoms with Crippen molar-refractivity contribution in [3.8, 4) is 0 Å². The van der Waals surface area contributed by atoms with Crippen LogP contribution in [0.15, 0.2) is 23.3 Å². The predicted molar refractivity (Wildman–Crippen MR) is 68.5 cm³/mol. The Balaban J connectivity index is 2.36. The van der Waals surface area contributed by atoms with Crippen molar-refractivity contribution in [1.29, 1.82) is 0 Å². The van der Waals surface area contributed by atoms with E-state index in [1.165, 1.54) is 6.42 Å². The van der Waals surface area contributed by atoms with Crippen molar-refractivity contribution in [2.45, 2.75) is 33.6 Å². The highest BCUT2D eigenvalue weighted by molar-refractivity contribution is 5.80. The van der Waals surface area contributed by atoms with Crippen molar-refractivity contribution < 1.29 is 9.90 Å². The van der Waals surface area contributed by atoms with Crippen molar-refractivity contribution in [2.24, 2.45) is 23.2 Å². The van der Waals surface area contributed by atoms with Gasteiger partial charge in [-0.05, 0) is 41.6 Å². The fourth-order valence-electron chi connectivity index (χ4n) is 3.55. The van der Waals surface area contributed by atoms with E-state index in [2.05, 4.69) is 26.8 Å². The SMILES string of the molecule is CC1C=C(C=O)C(CO)=CC2CC(C)(C)CC12. The van der Waals surface area contributed by atoms with Crippen LogP contribution >= 0.6 is 0 Å². The number of hydrogen-bond acceptors (Lipinski definition) is 2. The van der Waals surface area contributed by atoms with Gasteiger partial charge in [0.25, 0.3) is 0 Å². The summed E-state index contributed by atoms with van der Waals surface area (Å²) in [5.74, 6) is 1.54. The number of fused-ring (bicyclic) bond motifs is 1. The van der Waals surface area contributed by atoms with Gasteiger partial charge in [-0.1, -0.05) is 32.9 Å². The molecule has 3 atom stereocenters. The number of hydrogen-bond donors (Lipinski definition) is 1. The van der Waals surface area contributed by atoms with Gasteiger partial charge in [0, 0.05) is 5.57 Å². The normalized spacial score (nSPS) is 35.6. The summed E-state index contributed by atoms with van der Waals surface area (Å²) in [5.41, 5.74) is 1.89. The van der Waals surface area contributed by atoms with E-state index in [4.69, 9.17) is 0 Å². The largest absolute Gasteiger partial charge is 0.392 e. The number of aliphatic hydroxyl groups is 1. The van der Waals surface area contributed by atoms with Gasteiger partial charge in [0.2, 0.25) is 0 Å². The Morgan fingerprint density at radius 2 is 2.12 bits per heavy atom. The number of aliphatic hydroxyl groups excluding tert-OH is 1. The van der Waals surface area contributed by atoms with Crippen LogP contribution in [0.2, 0.25) is 0 Å². The molecule has 0 radical (unpaired) electrons. The Morgan fingerprint density at radius 1 is 1.41 bits per heavy atom. The Bertz CT molecular complexity index is 376. The monoisotopic (exact) mass is 234 g/mol. The summed E-state index contributed by atoms with van der Waals surface area (Å²) in [4.78, 5) is 11.1. The van der Waals surface area contributed by atoms with Crippen LogP contribution in [0.1, 0.15) is 33.6 Å². The Kier molecular flexibility index (Phi) is 3.26. The van der Waals surface area contributed by atoms with Crippen LogP contribution in [-0.2, 0) is 4.79 Å². The molecule has 1 saturated carbocycles. The highest BCUT2D eigenvalue weighted by Crippen LogP contribution is 2.50. The lowest BCUT2D eigenvalue weighted by atomic mass is 9.84. The lowest BCUT2D eigenvalue weighted by Gasteiger charge is -2.20. The first kappa shape index (κ1) is 12.6. The molecule has 0 aromatic heterocycles. The first-order valence-corrected chi connectivity index (χ1v) is 6.46. The van der Waals surface area contributed by atoms with Crippen LogP contribution in [-0.4, -0.2) is 18.0 Å². The van der Waals surface area contributed by atoms with E-state index in [0.717, 1.165) is 18.3 Å². The zero-order valence-corrected chi connectivity index (χ0v) is 10.9. The standard InChI is InChI=1S/C15H22O2/c1-10-4-12(8-16)13(9-17)5-11-6-15(2,3)7-14(10)11/h4-5,8,10-11,14,17H,6-7,9H2,1-3H3. The molecular formula is C15H22O2. The molecule has 0 bridgehead atoms. The van der Waals surface area contributed by atoms with E-state index >= 15 is 0 Å². The summed E-state index contributed by atoms with van der Waals surface area (Å²) < 4.78 is 0. The predicted octanol–water partition coefficient (Wildman–Crippen LogP) is 2.73. The minimum Gasteiger partial charge on any atom is -0.392 e. The van der Waals surface area contributed by atoms with E-state index in [1.54, 1.807) is 0 Å². The van der Waals surface area contributed by atoms with Crippen molar-refractivity contribution in [3.05, 3.63) is 23.3 Å². The van der Waals surface area contributed by atoms with Crippen molar-refractivity contribution in [2.75, 3.05) is 6.61 Å². The first-order chi connectivity index (χ1) is 7.96. The van der Waals surface area contributed by atoms with Crippen LogP contribution < -0.4 is 0 Å². The van der Waals surface area contributed by atoms with Gasteiger partial charge in [0.05, 0.1) is 6.61 Å².